The number of carbonyl (C=O) groups excluding carboxylic acids is 4. The van der Waals surface area contributed by atoms with Crippen molar-refractivity contribution in [1.82, 2.24) is 0 Å². The van der Waals surface area contributed by atoms with Crippen LogP contribution in [0, 0.1) is 6.92 Å². The van der Waals surface area contributed by atoms with Crippen molar-refractivity contribution in [1.29, 1.82) is 0 Å². The van der Waals surface area contributed by atoms with Gasteiger partial charge in [0.05, 0.1) is 48.3 Å². The van der Waals surface area contributed by atoms with Crippen LogP contribution in [0.5, 0.6) is 23.0 Å². The fourth-order valence-corrected chi connectivity index (χ4v) is 5.05. The molecule has 0 radical (unpaired) electrons. The lowest BCUT2D eigenvalue weighted by molar-refractivity contribution is -0.138. The number of rotatable bonds is 20. The van der Waals surface area contributed by atoms with Gasteiger partial charge in [-0.05, 0) is 136 Å². The third-order valence-electron chi connectivity index (χ3n) is 7.83. The van der Waals surface area contributed by atoms with E-state index in [0.29, 0.717) is 97.4 Å². The summed E-state index contributed by atoms with van der Waals surface area (Å²) >= 11 is 6.50. The van der Waals surface area contributed by atoms with Crippen LogP contribution < -0.4 is 18.9 Å². The number of aliphatic imine (C=N–C) groups is 1. The van der Waals surface area contributed by atoms with Gasteiger partial charge in [0, 0.05) is 17.9 Å². The minimum absolute atomic E-state index is 0.200. The fourth-order valence-electron chi connectivity index (χ4n) is 4.83. The average molecular weight is 768 g/mol. The van der Waals surface area contributed by atoms with Crippen molar-refractivity contribution >= 4 is 46.9 Å². The van der Waals surface area contributed by atoms with E-state index in [2.05, 4.69) is 13.2 Å². The first kappa shape index (κ1) is 41.6. The molecule has 4 rings (SSSR count). The van der Waals surface area contributed by atoms with Crippen LogP contribution in [0.15, 0.2) is 115 Å². The largest absolute Gasteiger partial charge is 0.494 e. The summed E-state index contributed by atoms with van der Waals surface area (Å²) in [6, 6.07) is 23.5. The Morgan fingerprint density at radius 3 is 1.55 bits per heavy atom. The summed E-state index contributed by atoms with van der Waals surface area (Å²) in [4.78, 5) is 52.5. The van der Waals surface area contributed by atoms with E-state index in [1.165, 1.54) is 0 Å². The first-order valence-electron chi connectivity index (χ1n) is 17.5. The van der Waals surface area contributed by atoms with Crippen LogP contribution in [-0.4, -0.2) is 56.0 Å². The molecule has 0 aliphatic heterocycles. The molecule has 0 unspecified atom stereocenters. The minimum Gasteiger partial charge on any atom is -0.494 e. The molecule has 0 aliphatic carbocycles. The van der Waals surface area contributed by atoms with E-state index in [0.717, 1.165) is 17.7 Å². The van der Waals surface area contributed by atoms with Gasteiger partial charge < -0.3 is 28.4 Å². The number of hydrogen-bond acceptors (Lipinski definition) is 11. The Balaban J connectivity index is 1.25. The van der Waals surface area contributed by atoms with Crippen molar-refractivity contribution in [3.63, 3.8) is 0 Å². The molecule has 0 N–H and O–H groups in total. The molecule has 55 heavy (non-hydrogen) atoms. The Bertz CT molecular complexity index is 2010. The van der Waals surface area contributed by atoms with Gasteiger partial charge in [0.15, 0.2) is 0 Å². The maximum atomic E-state index is 12.8. The zero-order chi connectivity index (χ0) is 39.6. The third kappa shape index (κ3) is 13.6. The SMILES string of the molecule is C=CC(=O)OCCCCOc1ccc(C(=O)Oc2ccc(N=C(C)c3ccc(OC(=O)c4ccc(OCCCCOC(=O)C=C)cc4)c(Cl)c3)cc2C)cc1. The second-order valence-electron chi connectivity index (χ2n) is 12.0. The van der Waals surface area contributed by atoms with Crippen LogP contribution in [-0.2, 0) is 19.1 Å². The molecule has 0 bridgehead atoms. The summed E-state index contributed by atoms with van der Waals surface area (Å²) in [7, 11) is 0. The van der Waals surface area contributed by atoms with Crippen LogP contribution in [0.4, 0.5) is 5.69 Å². The highest BCUT2D eigenvalue weighted by Gasteiger charge is 2.14. The number of halogens is 1. The van der Waals surface area contributed by atoms with Gasteiger partial charge >= 0.3 is 23.9 Å². The maximum absolute atomic E-state index is 12.8. The molecule has 0 amide bonds. The molecule has 0 saturated carbocycles. The Morgan fingerprint density at radius 2 is 1.07 bits per heavy atom. The van der Waals surface area contributed by atoms with Crippen LogP contribution >= 0.6 is 11.6 Å². The van der Waals surface area contributed by atoms with Crippen LogP contribution in [0.25, 0.3) is 0 Å². The van der Waals surface area contributed by atoms with Crippen molar-refractivity contribution < 1.29 is 47.6 Å². The average Bonchev–Trinajstić information content (AvgIpc) is 3.19. The molecule has 0 fully saturated rings. The Labute approximate surface area is 325 Å². The van der Waals surface area contributed by atoms with Crippen molar-refractivity contribution in [3.8, 4) is 23.0 Å². The molecule has 286 valence electrons. The van der Waals surface area contributed by atoms with E-state index in [4.69, 9.17) is 45.0 Å². The molecule has 0 aliphatic rings. The van der Waals surface area contributed by atoms with Crippen LogP contribution in [0.2, 0.25) is 5.02 Å². The summed E-state index contributed by atoms with van der Waals surface area (Å²) in [6.45, 7) is 11.8. The number of unbranched alkanes of at least 4 members (excludes halogenated alkanes) is 2. The smallest absolute Gasteiger partial charge is 0.343 e. The monoisotopic (exact) mass is 767 g/mol. The highest BCUT2D eigenvalue weighted by atomic mass is 35.5. The number of carbonyl (C=O) groups is 4. The van der Waals surface area contributed by atoms with Gasteiger partial charge in [-0.3, -0.25) is 4.99 Å². The van der Waals surface area contributed by atoms with Crippen molar-refractivity contribution in [3.05, 3.63) is 138 Å². The number of nitrogens with zero attached hydrogens (tertiary/aromatic N) is 1. The van der Waals surface area contributed by atoms with Crippen molar-refractivity contribution in [2.45, 2.75) is 39.5 Å². The normalized spacial score (nSPS) is 10.9. The molecule has 11 nitrogen and oxygen atoms in total. The first-order valence-corrected chi connectivity index (χ1v) is 17.9. The van der Waals surface area contributed by atoms with Gasteiger partial charge in [0.25, 0.3) is 0 Å². The highest BCUT2D eigenvalue weighted by molar-refractivity contribution is 6.32. The number of hydrogen-bond donors (Lipinski definition) is 0. The van der Waals surface area contributed by atoms with E-state index >= 15 is 0 Å². The van der Waals surface area contributed by atoms with Crippen molar-refractivity contribution in [2.75, 3.05) is 26.4 Å². The topological polar surface area (TPSA) is 136 Å². The van der Waals surface area contributed by atoms with Gasteiger partial charge in [-0.2, -0.15) is 0 Å². The Morgan fingerprint density at radius 1 is 0.618 bits per heavy atom. The van der Waals surface area contributed by atoms with E-state index in [1.54, 1.807) is 84.9 Å². The van der Waals surface area contributed by atoms with E-state index in [9.17, 15) is 19.2 Å². The summed E-state index contributed by atoms with van der Waals surface area (Å²) in [5.41, 5.74) is 3.43. The van der Waals surface area contributed by atoms with Gasteiger partial charge in [-0.1, -0.05) is 24.8 Å². The Kier molecular flexibility index (Phi) is 16.2. The predicted molar refractivity (Wildman–Crippen MR) is 209 cm³/mol. The Hall–Kier alpha value is -6.20. The number of esters is 4. The predicted octanol–water partition coefficient (Wildman–Crippen LogP) is 9.00. The quantitative estimate of drug-likeness (QED) is 0.0282. The summed E-state index contributed by atoms with van der Waals surface area (Å²) < 4.78 is 32.4. The van der Waals surface area contributed by atoms with Gasteiger partial charge in [0.2, 0.25) is 0 Å². The van der Waals surface area contributed by atoms with Crippen molar-refractivity contribution in [2.24, 2.45) is 4.99 Å². The van der Waals surface area contributed by atoms with E-state index in [-0.39, 0.29) is 10.8 Å². The summed E-state index contributed by atoms with van der Waals surface area (Å²) in [6.07, 6.45) is 4.94. The molecule has 0 saturated heterocycles. The lowest BCUT2D eigenvalue weighted by Gasteiger charge is -2.11. The second kappa shape index (κ2) is 21.5. The summed E-state index contributed by atoms with van der Waals surface area (Å²) in [5, 5.41) is 0.237. The number of ether oxygens (including phenoxy) is 6. The molecule has 0 spiro atoms. The molecule has 4 aromatic carbocycles. The summed E-state index contributed by atoms with van der Waals surface area (Å²) in [5.74, 6) is -0.196. The third-order valence-corrected chi connectivity index (χ3v) is 8.12. The minimum atomic E-state index is -0.577. The zero-order valence-electron chi connectivity index (χ0n) is 30.7. The van der Waals surface area contributed by atoms with Gasteiger partial charge in [-0.25, -0.2) is 19.2 Å². The second-order valence-corrected chi connectivity index (χ2v) is 12.4. The standard InChI is InChI=1S/C43H42ClNO10/c1-5-40(46)52-25-9-7-23-50-35-17-11-31(12-18-35)42(48)54-38-22-16-34(27-29(38)3)45-30(4)33-15-21-39(37(44)28-33)55-43(49)32-13-19-36(20-14-32)51-24-8-10-26-53-41(47)6-2/h5-6,11-22,27-28H,1-2,7-10,23-26H2,3-4H3. The lowest BCUT2D eigenvalue weighted by atomic mass is 10.1. The van der Waals surface area contributed by atoms with Gasteiger partial charge in [-0.15, -0.1) is 0 Å². The number of aryl methyl sites for hydroxylation is 1. The molecule has 4 aromatic rings. The molecule has 12 heteroatoms. The molecule has 0 heterocycles. The highest BCUT2D eigenvalue weighted by Crippen LogP contribution is 2.29. The van der Waals surface area contributed by atoms with E-state index < -0.39 is 23.9 Å². The zero-order valence-corrected chi connectivity index (χ0v) is 31.5. The molecule has 0 aromatic heterocycles. The molecular weight excluding hydrogens is 726 g/mol. The lowest BCUT2D eigenvalue weighted by Crippen LogP contribution is -2.09. The molecular formula is C43H42ClNO10. The van der Waals surface area contributed by atoms with Crippen LogP contribution in [0.1, 0.15) is 64.4 Å². The first-order chi connectivity index (χ1) is 26.6. The fraction of sp³-hybridized carbons (Fsp3) is 0.233. The van der Waals surface area contributed by atoms with E-state index in [1.807, 2.05) is 13.8 Å². The van der Waals surface area contributed by atoms with Gasteiger partial charge in [0.1, 0.15) is 23.0 Å². The van der Waals surface area contributed by atoms with Crippen LogP contribution in [0.3, 0.4) is 0 Å². The maximum Gasteiger partial charge on any atom is 0.343 e. The number of benzene rings is 4. The molecule has 0 atom stereocenters.